The van der Waals surface area contributed by atoms with E-state index in [1.165, 1.54) is 18.4 Å². The highest BCUT2D eigenvalue weighted by Gasteiger charge is 2.32. The summed E-state index contributed by atoms with van der Waals surface area (Å²) >= 11 is 1.51. The molecule has 1 aliphatic rings. The van der Waals surface area contributed by atoms with Crippen LogP contribution >= 0.6 is 11.3 Å². The molecule has 29 heavy (non-hydrogen) atoms. The third-order valence-corrected chi connectivity index (χ3v) is 7.11. The molecule has 0 radical (unpaired) electrons. The molecule has 2 heterocycles. The Kier molecular flexibility index (Phi) is 6.80. The minimum absolute atomic E-state index is 0.154. The van der Waals surface area contributed by atoms with Crippen molar-refractivity contribution in [2.24, 2.45) is 5.92 Å². The van der Waals surface area contributed by atoms with E-state index in [0.717, 1.165) is 51.8 Å². The third kappa shape index (κ3) is 5.08. The van der Waals surface area contributed by atoms with Crippen LogP contribution < -0.4 is 9.47 Å². The molecule has 0 amide bonds. The van der Waals surface area contributed by atoms with Crippen LogP contribution in [0.2, 0.25) is 0 Å². The lowest BCUT2D eigenvalue weighted by Gasteiger charge is -2.39. The van der Waals surface area contributed by atoms with Crippen LogP contribution in [0.1, 0.15) is 35.4 Å². The summed E-state index contributed by atoms with van der Waals surface area (Å²) in [5.74, 6) is 1.93. The number of methoxy groups -OCH3 is 3. The van der Waals surface area contributed by atoms with Gasteiger partial charge in [-0.25, -0.2) is 4.79 Å². The molecule has 1 aliphatic heterocycles. The first kappa shape index (κ1) is 21.6. The Morgan fingerprint density at radius 1 is 1.07 bits per heavy atom. The standard InChI is InChI=1S/C22H30NO5S/c1-23(14-22(25)28-4)9-7-15(8-10-23)5-6-17(24)21-12-16-11-18(26-2)19(27-3)13-20(16)29-21/h11-13,15H,5-10,14H2,1-4H3/q+1. The number of quaternary nitrogens is 1. The molecule has 1 aromatic heterocycles. The van der Waals surface area contributed by atoms with Gasteiger partial charge in [-0.2, -0.15) is 0 Å². The molecule has 0 aliphatic carbocycles. The predicted octanol–water partition coefficient (Wildman–Crippen LogP) is 3.91. The van der Waals surface area contributed by atoms with Gasteiger partial charge in [0.1, 0.15) is 0 Å². The second-order valence-electron chi connectivity index (χ2n) is 8.06. The zero-order valence-electron chi connectivity index (χ0n) is 17.7. The van der Waals surface area contributed by atoms with Gasteiger partial charge in [-0.15, -0.1) is 11.3 Å². The van der Waals surface area contributed by atoms with E-state index in [0.29, 0.717) is 30.4 Å². The van der Waals surface area contributed by atoms with E-state index < -0.39 is 0 Å². The SMILES string of the molecule is COC(=O)C[N+]1(C)CCC(CCC(=O)c2cc3cc(OC)c(OC)cc3s2)CC1. The van der Waals surface area contributed by atoms with Gasteiger partial charge in [0.2, 0.25) is 0 Å². The number of hydrogen-bond donors (Lipinski definition) is 0. The van der Waals surface area contributed by atoms with E-state index in [4.69, 9.17) is 14.2 Å². The zero-order valence-corrected chi connectivity index (χ0v) is 18.5. The van der Waals surface area contributed by atoms with Gasteiger partial charge < -0.3 is 18.7 Å². The van der Waals surface area contributed by atoms with Crippen molar-refractivity contribution in [3.05, 3.63) is 23.1 Å². The van der Waals surface area contributed by atoms with Crippen LogP contribution in [0.25, 0.3) is 10.1 Å². The van der Waals surface area contributed by atoms with E-state index in [1.54, 1.807) is 14.2 Å². The van der Waals surface area contributed by atoms with E-state index in [9.17, 15) is 9.59 Å². The number of nitrogens with zero attached hydrogens (tertiary/aromatic N) is 1. The van der Waals surface area contributed by atoms with Gasteiger partial charge in [-0.1, -0.05) is 0 Å². The number of ketones is 1. The minimum Gasteiger partial charge on any atom is -0.493 e. The highest BCUT2D eigenvalue weighted by atomic mass is 32.1. The normalized spacial score (nSPS) is 21.7. The number of hydrogen-bond acceptors (Lipinski definition) is 6. The van der Waals surface area contributed by atoms with Crippen molar-refractivity contribution < 1.29 is 28.3 Å². The van der Waals surface area contributed by atoms with Crippen LogP contribution in [-0.4, -0.2) is 64.2 Å². The van der Waals surface area contributed by atoms with Crippen molar-refractivity contribution in [3.63, 3.8) is 0 Å². The topological polar surface area (TPSA) is 61.8 Å². The van der Waals surface area contributed by atoms with Crippen LogP contribution in [0.5, 0.6) is 11.5 Å². The molecule has 0 atom stereocenters. The molecule has 0 spiro atoms. The molecule has 1 aromatic carbocycles. The van der Waals surface area contributed by atoms with E-state index in [-0.39, 0.29) is 11.8 Å². The average molecular weight is 421 g/mol. The molecule has 3 rings (SSSR count). The lowest BCUT2D eigenvalue weighted by atomic mass is 9.90. The van der Waals surface area contributed by atoms with Crippen molar-refractivity contribution in [2.45, 2.75) is 25.7 Å². The largest absolute Gasteiger partial charge is 0.493 e. The van der Waals surface area contributed by atoms with Gasteiger partial charge in [0.05, 0.1) is 46.3 Å². The number of thiophene rings is 1. The number of benzene rings is 1. The number of esters is 1. The predicted molar refractivity (Wildman–Crippen MR) is 114 cm³/mol. The Hall–Kier alpha value is -2.12. The van der Waals surface area contributed by atoms with Gasteiger partial charge in [0.25, 0.3) is 0 Å². The van der Waals surface area contributed by atoms with Gasteiger partial charge in [-0.3, -0.25) is 4.79 Å². The Morgan fingerprint density at radius 3 is 2.34 bits per heavy atom. The van der Waals surface area contributed by atoms with Crippen LogP contribution in [0.3, 0.4) is 0 Å². The number of likely N-dealkylation sites (N-methyl/N-ethyl adjacent to an activating group) is 1. The van der Waals surface area contributed by atoms with Crippen molar-refractivity contribution in [1.29, 1.82) is 0 Å². The lowest BCUT2D eigenvalue weighted by molar-refractivity contribution is -0.908. The Labute approximate surface area is 175 Å². The maximum atomic E-state index is 12.8. The number of likely N-dealkylation sites (tertiary alicyclic amines) is 1. The molecular formula is C22H30NO5S+. The summed E-state index contributed by atoms with van der Waals surface area (Å²) in [6, 6.07) is 5.80. The average Bonchev–Trinajstić information content (AvgIpc) is 3.14. The third-order valence-electron chi connectivity index (χ3n) is 5.97. The highest BCUT2D eigenvalue weighted by molar-refractivity contribution is 7.20. The molecule has 0 saturated carbocycles. The summed E-state index contributed by atoms with van der Waals surface area (Å²) in [5, 5.41) is 1.00. The summed E-state index contributed by atoms with van der Waals surface area (Å²) in [7, 11) is 6.77. The molecular weight excluding hydrogens is 390 g/mol. The van der Waals surface area contributed by atoms with Gasteiger partial charge in [-0.05, 0) is 42.7 Å². The summed E-state index contributed by atoms with van der Waals surface area (Å²) in [4.78, 5) is 25.1. The van der Waals surface area contributed by atoms with Crippen molar-refractivity contribution in [2.75, 3.05) is 48.0 Å². The molecule has 158 valence electrons. The van der Waals surface area contributed by atoms with E-state index >= 15 is 0 Å². The smallest absolute Gasteiger partial charge is 0.361 e. The fraction of sp³-hybridized carbons (Fsp3) is 0.545. The molecule has 1 saturated heterocycles. The lowest BCUT2D eigenvalue weighted by Crippen LogP contribution is -2.52. The van der Waals surface area contributed by atoms with Gasteiger partial charge >= 0.3 is 5.97 Å². The van der Waals surface area contributed by atoms with Crippen molar-refractivity contribution in [1.82, 2.24) is 0 Å². The van der Waals surface area contributed by atoms with Crippen LogP contribution in [0.4, 0.5) is 0 Å². The Balaban J connectivity index is 1.57. The van der Waals surface area contributed by atoms with Crippen LogP contribution in [-0.2, 0) is 9.53 Å². The molecule has 6 nitrogen and oxygen atoms in total. The molecule has 1 fully saturated rings. The fourth-order valence-corrected chi connectivity index (χ4v) is 5.07. The zero-order chi connectivity index (χ0) is 21.0. The maximum absolute atomic E-state index is 12.8. The maximum Gasteiger partial charge on any atom is 0.361 e. The fourth-order valence-electron chi connectivity index (χ4n) is 4.03. The number of ether oxygens (including phenoxy) is 3. The van der Waals surface area contributed by atoms with Crippen LogP contribution in [0.15, 0.2) is 18.2 Å². The Morgan fingerprint density at radius 2 is 1.72 bits per heavy atom. The number of piperidine rings is 1. The number of Topliss-reactive ketones (excluding diaryl/α,β-unsaturated/α-hetero) is 1. The number of rotatable bonds is 8. The van der Waals surface area contributed by atoms with Gasteiger partial charge in [0.15, 0.2) is 23.8 Å². The van der Waals surface area contributed by atoms with E-state index in [1.807, 2.05) is 18.2 Å². The summed E-state index contributed by atoms with van der Waals surface area (Å²) in [6.07, 6.45) is 3.55. The summed E-state index contributed by atoms with van der Waals surface area (Å²) in [6.45, 7) is 2.34. The first-order valence-corrected chi connectivity index (χ1v) is 10.8. The highest BCUT2D eigenvalue weighted by Crippen LogP contribution is 2.37. The second kappa shape index (κ2) is 9.13. The van der Waals surface area contributed by atoms with Gasteiger partial charge in [0, 0.05) is 17.2 Å². The second-order valence-corrected chi connectivity index (χ2v) is 9.15. The molecule has 2 aromatic rings. The number of fused-ring (bicyclic) bond motifs is 1. The van der Waals surface area contributed by atoms with Crippen LogP contribution in [0, 0.1) is 5.92 Å². The van der Waals surface area contributed by atoms with Crippen molar-refractivity contribution in [3.8, 4) is 11.5 Å². The first-order chi connectivity index (χ1) is 13.9. The molecule has 7 heteroatoms. The minimum atomic E-state index is -0.154. The first-order valence-electron chi connectivity index (χ1n) is 9.96. The molecule has 0 N–H and O–H groups in total. The number of carbonyl (C=O) groups is 2. The molecule has 0 unspecified atom stereocenters. The van der Waals surface area contributed by atoms with E-state index in [2.05, 4.69) is 7.05 Å². The number of carbonyl (C=O) groups excluding carboxylic acids is 2. The summed E-state index contributed by atoms with van der Waals surface area (Å²) in [5.41, 5.74) is 0. The summed E-state index contributed by atoms with van der Waals surface area (Å²) < 4.78 is 17.3. The molecule has 0 bridgehead atoms. The Bertz CT molecular complexity index is 842. The monoisotopic (exact) mass is 420 g/mol. The van der Waals surface area contributed by atoms with Crippen molar-refractivity contribution >= 4 is 33.2 Å². The quantitative estimate of drug-likeness (QED) is 0.368.